The highest BCUT2D eigenvalue weighted by Gasteiger charge is 2.37. The highest BCUT2D eigenvalue weighted by atomic mass is 32.2. The quantitative estimate of drug-likeness (QED) is 0.00967. The van der Waals surface area contributed by atoms with Gasteiger partial charge in [0.05, 0.1) is 65.1 Å². The number of rotatable bonds is 40. The first-order valence-electron chi connectivity index (χ1n) is 39.1. The number of nitro groups is 12. The largest absolute Gasteiger partial charge is 0.375 e. The Morgan fingerprint density at radius 1 is 0.305 bits per heavy atom. The standard InChI is InChI=1S/C22H27N7O9.C17H27N5O5.2C14H20N4O5S.C10H13N3O4.CH4/c1-22(2,3)25-21(30)14(24-20-17(28(35)36)11-7-12-18(20)29(37)38)8-4-5-13-23-19-15(26(31)32)9-6-10-16(19)27(33)34;1-17(2,3)20-16(23)12(8-5-6-11-18-4)19-15-13(21(24)25)9-7-10-14(15)22(26)27;2*1-14(2,3)16-13(19)9(8-24-4)15-12-10(17(20)21)6-5-7-11(12)18(22)23;1-10(2,3)11-8-5-4-7(12(14)15)6-9(8)13(16)17;/h6-7,9-12,14,23-24H,4-5,8,13H2,1-3H3,(H,25,30);7,9-10,12,18-19H,5-6,8,11H2,1-4H3,(H,20,23);2*5-7,9,15H,8H2,1-4H3,(H,16,19);4-6,11H,1-3H3;1H4/t14-;12-;2*9-;;/m1010../s1. The van der Waals surface area contributed by atoms with Gasteiger partial charge in [0.1, 0.15) is 29.9 Å². The second-order valence-electron chi connectivity index (χ2n) is 33.2. The Morgan fingerprint density at radius 3 is 0.748 bits per heavy atom. The van der Waals surface area contributed by atoms with Crippen molar-refractivity contribution in [1.82, 2.24) is 26.6 Å². The molecule has 0 heterocycles. The topological polar surface area (TPSA) is 718 Å². The van der Waals surface area contributed by atoms with E-state index < -0.39 is 174 Å². The maximum Gasteiger partial charge on any atom is 0.299 e. The van der Waals surface area contributed by atoms with Crippen LogP contribution in [0.1, 0.15) is 150 Å². The van der Waals surface area contributed by atoms with E-state index in [-0.39, 0.29) is 89.9 Å². The predicted molar refractivity (Wildman–Crippen MR) is 497 cm³/mol. The first kappa shape index (κ1) is 114. The molecule has 11 N–H and O–H groups in total. The van der Waals surface area contributed by atoms with Gasteiger partial charge in [-0.15, -0.1) is 0 Å². The molecular weight excluding hydrogens is 1770 g/mol. The molecule has 53 heteroatoms. The second kappa shape index (κ2) is 52.1. The minimum atomic E-state index is -1.10. The fourth-order valence-electron chi connectivity index (χ4n) is 11.3. The molecule has 0 aliphatic rings. The Bertz CT molecular complexity index is 4820. The lowest BCUT2D eigenvalue weighted by Crippen LogP contribution is -2.49. The number of nitrogens with zero attached hydrogens (tertiary/aromatic N) is 12. The number of benzene rings is 6. The summed E-state index contributed by atoms with van der Waals surface area (Å²) in [5.74, 6) is -1.09. The molecule has 0 aromatic heterocycles. The van der Waals surface area contributed by atoms with E-state index in [1.165, 1.54) is 78.1 Å². The maximum absolute atomic E-state index is 13.0. The summed E-state index contributed by atoms with van der Waals surface area (Å²) >= 11 is 2.70. The van der Waals surface area contributed by atoms with Gasteiger partial charge in [-0.05, 0) is 205 Å². The average Bonchev–Trinajstić information content (AvgIpc) is 0.854. The van der Waals surface area contributed by atoms with Crippen LogP contribution in [0.25, 0.3) is 0 Å². The summed E-state index contributed by atoms with van der Waals surface area (Å²) < 4.78 is 0. The predicted octanol–water partition coefficient (Wildman–Crippen LogP) is 15.4. The first-order chi connectivity index (χ1) is 60.1. The van der Waals surface area contributed by atoms with Gasteiger partial charge in [0.2, 0.25) is 23.6 Å². The van der Waals surface area contributed by atoms with Gasteiger partial charge in [-0.3, -0.25) is 141 Å². The second-order valence-corrected chi connectivity index (χ2v) is 35.0. The van der Waals surface area contributed by atoms with E-state index in [2.05, 4.69) is 58.5 Å². The third-order valence-electron chi connectivity index (χ3n) is 16.6. The van der Waals surface area contributed by atoms with E-state index in [9.17, 15) is 141 Å². The van der Waals surface area contributed by atoms with Crippen molar-refractivity contribution in [2.24, 2.45) is 0 Å². The number of carbonyl (C=O) groups is 4. The van der Waals surface area contributed by atoms with Gasteiger partial charge in [-0.25, -0.2) is 0 Å². The molecule has 0 unspecified atom stereocenters. The number of nitro benzene ring substituents is 12. The molecule has 6 aromatic carbocycles. The lowest BCUT2D eigenvalue weighted by molar-refractivity contribution is -0.393. The van der Waals surface area contributed by atoms with Crippen LogP contribution in [0, 0.1) is 121 Å². The van der Waals surface area contributed by atoms with Gasteiger partial charge in [-0.1, -0.05) is 7.43 Å². The van der Waals surface area contributed by atoms with Crippen molar-refractivity contribution in [2.45, 2.75) is 202 Å². The summed E-state index contributed by atoms with van der Waals surface area (Å²) in [5.41, 5.74) is -9.03. The van der Waals surface area contributed by atoms with Crippen LogP contribution < -0.4 is 58.5 Å². The minimum Gasteiger partial charge on any atom is -0.375 e. The fourth-order valence-corrected chi connectivity index (χ4v) is 12.5. The molecule has 0 saturated heterocycles. The zero-order valence-corrected chi connectivity index (χ0v) is 76.0. The Kier molecular flexibility index (Phi) is 45.5. The number of para-hydroxylation sites is 5. The van der Waals surface area contributed by atoms with Crippen molar-refractivity contribution < 1.29 is 78.3 Å². The van der Waals surface area contributed by atoms with Gasteiger partial charge in [0.25, 0.3) is 68.2 Å². The van der Waals surface area contributed by atoms with Gasteiger partial charge in [-0.2, -0.15) is 23.5 Å². The summed E-state index contributed by atoms with van der Waals surface area (Å²) in [5, 5.41) is 165. The highest BCUT2D eigenvalue weighted by Crippen LogP contribution is 2.41. The third-order valence-corrected chi connectivity index (χ3v) is 17.9. The van der Waals surface area contributed by atoms with E-state index in [0.717, 1.165) is 67.6 Å². The smallest absolute Gasteiger partial charge is 0.299 e. The summed E-state index contributed by atoms with van der Waals surface area (Å²) in [6.45, 7) is 27.8. The van der Waals surface area contributed by atoms with Crippen LogP contribution in [-0.2, 0) is 19.2 Å². The lowest BCUT2D eigenvalue weighted by atomic mass is 10.0. The number of anilines is 6. The molecule has 0 spiro atoms. The molecule has 0 aliphatic heterocycles. The molecule has 0 aliphatic carbocycles. The molecule has 0 fully saturated rings. The van der Waals surface area contributed by atoms with Crippen LogP contribution >= 0.6 is 23.5 Å². The SMILES string of the molecule is C.CC(C)(C)NC(=O)[C@@H](CCCCNc1c([N+](=O)[O-])cccc1[N+](=O)[O-])Nc1c([N+](=O)[O-])cccc1[N+](=O)[O-].CC(C)(C)Nc1ccc([N+](=O)[O-])cc1[N+](=O)[O-].CNCCCC[C@H](Nc1c([N+](=O)[O-])cccc1[N+](=O)[O-])C(=O)NC(C)(C)C.CSC[C@@H](Nc1c([N+](=O)[O-])cccc1[N+](=O)[O-])C(=O)NC(C)(C)C.CSC[C@H](Nc1c([N+](=O)[O-])cccc1[N+](=O)[O-])C(=O)NC(C)(C)C. The molecule has 0 saturated carbocycles. The van der Waals surface area contributed by atoms with Crippen molar-refractivity contribution >= 4 is 150 Å². The van der Waals surface area contributed by atoms with E-state index in [4.69, 9.17) is 0 Å². The number of thioether (sulfide) groups is 2. The molecule has 718 valence electrons. The Hall–Kier alpha value is -14.5. The lowest BCUT2D eigenvalue weighted by Gasteiger charge is -2.26. The number of hydrogen-bond donors (Lipinski definition) is 11. The summed E-state index contributed by atoms with van der Waals surface area (Å²) in [6.07, 6.45) is 6.05. The molecule has 4 atom stereocenters. The van der Waals surface area contributed by atoms with E-state index in [1.807, 2.05) is 48.6 Å². The van der Waals surface area contributed by atoms with Crippen molar-refractivity contribution in [1.29, 1.82) is 0 Å². The number of unbranched alkanes of at least 4 members (excludes halogenated alkanes) is 2. The molecule has 0 radical (unpaired) electrons. The van der Waals surface area contributed by atoms with Crippen molar-refractivity contribution in [3.63, 3.8) is 0 Å². The van der Waals surface area contributed by atoms with Crippen molar-refractivity contribution in [2.75, 3.05) is 76.1 Å². The molecule has 6 rings (SSSR count). The van der Waals surface area contributed by atoms with Gasteiger partial charge >= 0.3 is 0 Å². The van der Waals surface area contributed by atoms with E-state index >= 15 is 0 Å². The third kappa shape index (κ3) is 39.7. The fraction of sp³-hybridized carbons (Fsp3) is 0.487. The summed E-state index contributed by atoms with van der Waals surface area (Å²) in [6, 6.07) is 17.4. The average molecular weight is 1880 g/mol. The van der Waals surface area contributed by atoms with Crippen LogP contribution in [0.2, 0.25) is 0 Å². The van der Waals surface area contributed by atoms with Crippen LogP contribution in [0.5, 0.6) is 0 Å². The molecule has 0 bridgehead atoms. The Balaban J connectivity index is 0.000000836. The van der Waals surface area contributed by atoms with Crippen LogP contribution in [0.15, 0.2) is 109 Å². The number of amides is 4. The number of hydrogen-bond acceptors (Lipinski definition) is 37. The van der Waals surface area contributed by atoms with Crippen molar-refractivity contribution in [3.05, 3.63) is 231 Å². The van der Waals surface area contributed by atoms with Crippen LogP contribution in [0.4, 0.5) is 102 Å². The molecule has 4 amide bonds. The number of nitrogens with one attached hydrogen (secondary N) is 11. The summed E-state index contributed by atoms with van der Waals surface area (Å²) in [7, 11) is 1.82. The Morgan fingerprint density at radius 2 is 0.534 bits per heavy atom. The molecule has 6 aromatic rings. The van der Waals surface area contributed by atoms with Crippen molar-refractivity contribution in [3.8, 4) is 0 Å². The zero-order valence-electron chi connectivity index (χ0n) is 74.4. The van der Waals surface area contributed by atoms with Crippen LogP contribution in [-0.4, -0.2) is 179 Å². The normalized spacial score (nSPS) is 11.9. The minimum absolute atomic E-state index is 0. The Labute approximate surface area is 759 Å². The van der Waals surface area contributed by atoms with Gasteiger partial charge in [0, 0.05) is 112 Å². The molecular formula is C78H111N23O28S2. The number of non-ortho nitro benzene ring substituents is 1. The van der Waals surface area contributed by atoms with E-state index in [0.29, 0.717) is 30.8 Å². The molecule has 131 heavy (non-hydrogen) atoms. The van der Waals surface area contributed by atoms with Crippen LogP contribution in [0.3, 0.4) is 0 Å². The summed E-state index contributed by atoms with van der Waals surface area (Å²) in [4.78, 5) is 176. The van der Waals surface area contributed by atoms with Gasteiger partial charge in [0.15, 0.2) is 28.4 Å². The van der Waals surface area contributed by atoms with Gasteiger partial charge < -0.3 is 58.5 Å². The zero-order chi connectivity index (χ0) is 99.4. The highest BCUT2D eigenvalue weighted by molar-refractivity contribution is 7.98. The number of carbonyl (C=O) groups excluding carboxylic acids is 4. The first-order valence-corrected chi connectivity index (χ1v) is 41.9. The monoisotopic (exact) mass is 1880 g/mol. The molecule has 51 nitrogen and oxygen atoms in total. The van der Waals surface area contributed by atoms with E-state index in [1.54, 1.807) is 74.8 Å². The maximum atomic E-state index is 13.0.